The van der Waals surface area contributed by atoms with Crippen LogP contribution >= 0.6 is 0 Å². The van der Waals surface area contributed by atoms with Gasteiger partial charge in [0, 0.05) is 11.6 Å². The van der Waals surface area contributed by atoms with Crippen LogP contribution in [0.4, 0.5) is 10.1 Å². The van der Waals surface area contributed by atoms with Crippen molar-refractivity contribution < 1.29 is 13.9 Å². The van der Waals surface area contributed by atoms with Crippen LogP contribution in [-0.4, -0.2) is 7.11 Å². The quantitative estimate of drug-likeness (QED) is 0.869. The largest absolute Gasteiger partial charge is 0.495 e. The summed E-state index contributed by atoms with van der Waals surface area (Å²) in [5.74, 6) is 0.644. The summed E-state index contributed by atoms with van der Waals surface area (Å²) in [4.78, 5) is 0. The van der Waals surface area contributed by atoms with Crippen molar-refractivity contribution in [1.29, 1.82) is 5.26 Å². The van der Waals surface area contributed by atoms with E-state index in [0.29, 0.717) is 28.3 Å². The summed E-state index contributed by atoms with van der Waals surface area (Å²) in [7, 11) is 1.52. The number of methoxy groups -OCH3 is 1. The molecular formula is C15H13FN2O2. The number of nitriles is 1. The molecule has 0 spiro atoms. The Morgan fingerprint density at radius 2 is 2.05 bits per heavy atom. The van der Waals surface area contributed by atoms with Crippen LogP contribution in [0.3, 0.4) is 0 Å². The number of hydrogen-bond acceptors (Lipinski definition) is 4. The van der Waals surface area contributed by atoms with E-state index in [1.165, 1.54) is 25.3 Å². The molecule has 0 saturated heterocycles. The molecule has 0 aliphatic rings. The van der Waals surface area contributed by atoms with Crippen LogP contribution in [0.1, 0.15) is 11.1 Å². The average Bonchev–Trinajstić information content (AvgIpc) is 2.46. The van der Waals surface area contributed by atoms with E-state index in [4.69, 9.17) is 20.5 Å². The molecule has 2 aromatic carbocycles. The molecule has 2 rings (SSSR count). The fourth-order valence-electron chi connectivity index (χ4n) is 1.72. The normalized spacial score (nSPS) is 9.85. The first-order chi connectivity index (χ1) is 9.63. The molecule has 102 valence electrons. The highest BCUT2D eigenvalue weighted by atomic mass is 19.1. The van der Waals surface area contributed by atoms with Crippen LogP contribution in [0.15, 0.2) is 36.4 Å². The molecular weight excluding hydrogens is 259 g/mol. The third kappa shape index (κ3) is 2.98. The van der Waals surface area contributed by atoms with Gasteiger partial charge in [0.25, 0.3) is 0 Å². The van der Waals surface area contributed by atoms with Gasteiger partial charge in [0.1, 0.15) is 23.9 Å². The van der Waals surface area contributed by atoms with E-state index in [2.05, 4.69) is 0 Å². The lowest BCUT2D eigenvalue weighted by atomic mass is 10.1. The molecule has 5 heteroatoms. The molecule has 0 bridgehead atoms. The smallest absolute Gasteiger partial charge is 0.142 e. The maximum absolute atomic E-state index is 13.6. The van der Waals surface area contributed by atoms with E-state index in [9.17, 15) is 4.39 Å². The van der Waals surface area contributed by atoms with E-state index < -0.39 is 5.82 Å². The maximum atomic E-state index is 13.6. The molecule has 0 amide bonds. The van der Waals surface area contributed by atoms with Crippen molar-refractivity contribution >= 4 is 5.69 Å². The first-order valence-electron chi connectivity index (χ1n) is 5.89. The highest BCUT2D eigenvalue weighted by molar-refractivity contribution is 5.56. The van der Waals surface area contributed by atoms with Gasteiger partial charge in [0.05, 0.1) is 24.4 Å². The Bertz CT molecular complexity index is 665. The number of halogens is 1. The van der Waals surface area contributed by atoms with Crippen molar-refractivity contribution in [2.75, 3.05) is 12.8 Å². The third-order valence-electron chi connectivity index (χ3n) is 2.77. The molecule has 0 radical (unpaired) electrons. The highest BCUT2D eigenvalue weighted by Gasteiger charge is 2.06. The first kappa shape index (κ1) is 13.7. The minimum absolute atomic E-state index is 0.0210. The van der Waals surface area contributed by atoms with Crippen LogP contribution in [0, 0.1) is 17.1 Å². The predicted octanol–water partition coefficient (Wildman–Crippen LogP) is 2.87. The summed E-state index contributed by atoms with van der Waals surface area (Å²) < 4.78 is 24.1. The van der Waals surface area contributed by atoms with Gasteiger partial charge < -0.3 is 15.2 Å². The lowest BCUT2D eigenvalue weighted by molar-refractivity contribution is 0.299. The first-order valence-corrected chi connectivity index (χ1v) is 5.89. The molecule has 0 aromatic heterocycles. The minimum Gasteiger partial charge on any atom is -0.495 e. The van der Waals surface area contributed by atoms with Crippen LogP contribution in [0.25, 0.3) is 0 Å². The van der Waals surface area contributed by atoms with Crippen molar-refractivity contribution in [3.8, 4) is 17.6 Å². The Balaban J connectivity index is 2.13. The van der Waals surface area contributed by atoms with Gasteiger partial charge in [0.2, 0.25) is 0 Å². The van der Waals surface area contributed by atoms with Crippen molar-refractivity contribution in [3.63, 3.8) is 0 Å². The van der Waals surface area contributed by atoms with Gasteiger partial charge in [-0.2, -0.15) is 5.26 Å². The molecule has 0 fully saturated rings. The number of rotatable bonds is 4. The zero-order valence-electron chi connectivity index (χ0n) is 10.9. The monoisotopic (exact) mass is 272 g/mol. The molecule has 2 N–H and O–H groups in total. The molecule has 0 atom stereocenters. The second-order valence-corrected chi connectivity index (χ2v) is 4.11. The molecule has 0 unspecified atom stereocenters. The zero-order valence-corrected chi connectivity index (χ0v) is 10.9. The van der Waals surface area contributed by atoms with Crippen LogP contribution in [0.2, 0.25) is 0 Å². The number of benzene rings is 2. The van der Waals surface area contributed by atoms with Gasteiger partial charge in [-0.25, -0.2) is 4.39 Å². The van der Waals surface area contributed by atoms with Crippen molar-refractivity contribution in [3.05, 3.63) is 53.3 Å². The zero-order chi connectivity index (χ0) is 14.5. The van der Waals surface area contributed by atoms with Gasteiger partial charge in [0.15, 0.2) is 0 Å². The van der Waals surface area contributed by atoms with Gasteiger partial charge in [-0.3, -0.25) is 0 Å². The molecule has 0 aliphatic heterocycles. The lowest BCUT2D eigenvalue weighted by Gasteiger charge is -2.10. The van der Waals surface area contributed by atoms with E-state index >= 15 is 0 Å². The van der Waals surface area contributed by atoms with E-state index in [0.717, 1.165) is 0 Å². The topological polar surface area (TPSA) is 68.3 Å². The van der Waals surface area contributed by atoms with Crippen LogP contribution in [-0.2, 0) is 6.61 Å². The summed E-state index contributed by atoms with van der Waals surface area (Å²) in [5, 5.41) is 8.79. The summed E-state index contributed by atoms with van der Waals surface area (Å²) in [6, 6.07) is 11.0. The molecule has 20 heavy (non-hydrogen) atoms. The van der Waals surface area contributed by atoms with Crippen molar-refractivity contribution in [1.82, 2.24) is 0 Å². The van der Waals surface area contributed by atoms with E-state index in [1.54, 1.807) is 18.2 Å². The fraction of sp³-hybridized carbons (Fsp3) is 0.133. The third-order valence-corrected chi connectivity index (χ3v) is 2.77. The molecule has 4 nitrogen and oxygen atoms in total. The summed E-state index contributed by atoms with van der Waals surface area (Å²) in [6.45, 7) is 0.0210. The Morgan fingerprint density at radius 1 is 1.25 bits per heavy atom. The van der Waals surface area contributed by atoms with Gasteiger partial charge in [-0.15, -0.1) is 0 Å². The van der Waals surface area contributed by atoms with Crippen molar-refractivity contribution in [2.45, 2.75) is 6.61 Å². The number of nitrogens with zero attached hydrogens (tertiary/aromatic N) is 1. The molecule has 0 heterocycles. The van der Waals surface area contributed by atoms with E-state index in [1.807, 2.05) is 6.07 Å². The average molecular weight is 272 g/mol. The predicted molar refractivity (Wildman–Crippen MR) is 72.9 cm³/mol. The Morgan fingerprint density at radius 3 is 2.70 bits per heavy atom. The Labute approximate surface area is 116 Å². The van der Waals surface area contributed by atoms with Crippen molar-refractivity contribution in [2.24, 2.45) is 0 Å². The number of ether oxygens (including phenoxy) is 2. The summed E-state index contributed by atoms with van der Waals surface area (Å²) in [5.41, 5.74) is 6.90. The standard InChI is InChI=1S/C15H13FN2O2/c1-19-15-5-3-12(7-14(15)18)20-9-11-6-10(8-17)2-4-13(11)16/h2-7H,9,18H2,1H3. The fourth-order valence-corrected chi connectivity index (χ4v) is 1.72. The van der Waals surface area contributed by atoms with E-state index in [-0.39, 0.29) is 6.61 Å². The summed E-state index contributed by atoms with van der Waals surface area (Å²) >= 11 is 0. The number of anilines is 1. The van der Waals surface area contributed by atoms with Gasteiger partial charge >= 0.3 is 0 Å². The Kier molecular flexibility index (Phi) is 4.06. The maximum Gasteiger partial charge on any atom is 0.142 e. The lowest BCUT2D eigenvalue weighted by Crippen LogP contribution is -2.00. The number of nitrogen functional groups attached to an aromatic ring is 1. The number of nitrogens with two attached hydrogens (primary N) is 1. The molecule has 0 saturated carbocycles. The summed E-state index contributed by atoms with van der Waals surface area (Å²) in [6.07, 6.45) is 0. The van der Waals surface area contributed by atoms with Gasteiger partial charge in [-0.1, -0.05) is 0 Å². The minimum atomic E-state index is -0.412. The van der Waals surface area contributed by atoms with Crippen LogP contribution in [0.5, 0.6) is 11.5 Å². The van der Waals surface area contributed by atoms with Gasteiger partial charge in [-0.05, 0) is 30.3 Å². The SMILES string of the molecule is COc1ccc(OCc2cc(C#N)ccc2F)cc1N. The second-order valence-electron chi connectivity index (χ2n) is 4.11. The van der Waals surface area contributed by atoms with Crippen LogP contribution < -0.4 is 15.2 Å². The number of hydrogen-bond donors (Lipinski definition) is 1. The second kappa shape index (κ2) is 5.93. The highest BCUT2D eigenvalue weighted by Crippen LogP contribution is 2.26. The molecule has 0 aliphatic carbocycles. The molecule has 2 aromatic rings. The Hall–Kier alpha value is -2.74.